The number of imidazole rings is 1. The van der Waals surface area contributed by atoms with Crippen LogP contribution >= 0.6 is 0 Å². The molecule has 4 rings (SSSR count). The van der Waals surface area contributed by atoms with Gasteiger partial charge in [-0.1, -0.05) is 30.3 Å². The Bertz CT molecular complexity index is 1160. The van der Waals surface area contributed by atoms with Gasteiger partial charge < -0.3 is 16.0 Å². The molecule has 2 heterocycles. The lowest BCUT2D eigenvalue weighted by atomic mass is 10.1. The van der Waals surface area contributed by atoms with Crippen molar-refractivity contribution in [3.63, 3.8) is 0 Å². The maximum atomic E-state index is 11.7. The van der Waals surface area contributed by atoms with Crippen LogP contribution in [0.5, 0.6) is 0 Å². The van der Waals surface area contributed by atoms with Crippen LogP contribution in [0.15, 0.2) is 67.1 Å². The summed E-state index contributed by atoms with van der Waals surface area (Å²) >= 11 is 0. The molecule has 4 aromatic rings. The molecular formula is C22H23N7O. The Balaban J connectivity index is 1.56. The maximum Gasteiger partial charge on any atom is 0.319 e. The molecule has 152 valence electrons. The zero-order valence-electron chi connectivity index (χ0n) is 16.8. The van der Waals surface area contributed by atoms with Gasteiger partial charge in [0.05, 0.1) is 17.1 Å². The number of anilines is 2. The third-order valence-electron chi connectivity index (χ3n) is 4.68. The van der Waals surface area contributed by atoms with Crippen molar-refractivity contribution in [3.05, 3.63) is 72.7 Å². The minimum atomic E-state index is -0.240. The molecule has 1 atom stereocenters. The van der Waals surface area contributed by atoms with Crippen molar-refractivity contribution in [1.82, 2.24) is 24.8 Å². The average molecular weight is 401 g/mol. The first-order valence-corrected chi connectivity index (χ1v) is 9.81. The van der Waals surface area contributed by atoms with E-state index in [1.54, 1.807) is 12.5 Å². The molecule has 2 amide bonds. The summed E-state index contributed by atoms with van der Waals surface area (Å²) in [4.78, 5) is 25.2. The highest BCUT2D eigenvalue weighted by Gasteiger charge is 2.11. The number of aromatic nitrogens is 4. The lowest BCUT2D eigenvalue weighted by Crippen LogP contribution is -2.28. The van der Waals surface area contributed by atoms with Crippen molar-refractivity contribution in [2.75, 3.05) is 17.2 Å². The zero-order chi connectivity index (χ0) is 20.9. The van der Waals surface area contributed by atoms with Gasteiger partial charge in [0, 0.05) is 18.4 Å². The van der Waals surface area contributed by atoms with Crippen molar-refractivity contribution in [2.24, 2.45) is 0 Å². The standard InChI is InChI=1S/C22H23N7O/c1-3-23-22(30)27-17-9-10-19-18(13-17)25-14-29(19)20-11-12-24-21(28-20)26-15(2)16-7-5-4-6-8-16/h4-15H,3H2,1-2H3,(H2,23,27,30)(H,24,26,28)/t15-/m0/s1. The van der Waals surface area contributed by atoms with Crippen LogP contribution in [-0.4, -0.2) is 32.1 Å². The van der Waals surface area contributed by atoms with Gasteiger partial charge in [-0.25, -0.2) is 14.8 Å². The molecule has 2 aromatic heterocycles. The molecule has 0 saturated heterocycles. The van der Waals surface area contributed by atoms with Gasteiger partial charge in [0.1, 0.15) is 12.1 Å². The number of nitrogens with zero attached hydrogens (tertiary/aromatic N) is 4. The van der Waals surface area contributed by atoms with Gasteiger partial charge in [0.15, 0.2) is 0 Å². The van der Waals surface area contributed by atoms with E-state index in [0.717, 1.165) is 16.6 Å². The Morgan fingerprint density at radius 1 is 1.10 bits per heavy atom. The fourth-order valence-corrected chi connectivity index (χ4v) is 3.18. The van der Waals surface area contributed by atoms with Gasteiger partial charge >= 0.3 is 6.03 Å². The second-order valence-corrected chi connectivity index (χ2v) is 6.82. The Hall–Kier alpha value is -3.94. The molecule has 0 radical (unpaired) electrons. The molecule has 8 nitrogen and oxygen atoms in total. The van der Waals surface area contributed by atoms with Crippen LogP contribution in [0.1, 0.15) is 25.5 Å². The van der Waals surface area contributed by atoms with Gasteiger partial charge in [-0.2, -0.15) is 4.98 Å². The van der Waals surface area contributed by atoms with E-state index in [1.807, 2.05) is 54.0 Å². The number of rotatable bonds is 6. The molecule has 0 aliphatic heterocycles. The number of hydrogen-bond acceptors (Lipinski definition) is 5. The number of carbonyl (C=O) groups excluding carboxylic acids is 1. The molecule has 0 aliphatic carbocycles. The maximum absolute atomic E-state index is 11.7. The minimum absolute atomic E-state index is 0.0730. The first kappa shape index (κ1) is 19.4. The van der Waals surface area contributed by atoms with Crippen LogP contribution in [0, 0.1) is 0 Å². The number of hydrogen-bond donors (Lipinski definition) is 3. The number of urea groups is 1. The fraction of sp³-hybridized carbons (Fsp3) is 0.182. The highest BCUT2D eigenvalue weighted by molar-refractivity contribution is 5.92. The molecule has 3 N–H and O–H groups in total. The summed E-state index contributed by atoms with van der Waals surface area (Å²) in [6.07, 6.45) is 3.44. The van der Waals surface area contributed by atoms with Crippen LogP contribution in [0.3, 0.4) is 0 Å². The molecule has 0 spiro atoms. The highest BCUT2D eigenvalue weighted by atomic mass is 16.2. The molecule has 30 heavy (non-hydrogen) atoms. The van der Waals surface area contributed by atoms with Crippen LogP contribution in [0.2, 0.25) is 0 Å². The largest absolute Gasteiger partial charge is 0.348 e. The van der Waals surface area contributed by atoms with E-state index in [2.05, 4.69) is 50.0 Å². The number of amides is 2. The average Bonchev–Trinajstić information content (AvgIpc) is 3.18. The summed E-state index contributed by atoms with van der Waals surface area (Å²) in [5, 5.41) is 8.84. The number of carbonyl (C=O) groups is 1. The van der Waals surface area contributed by atoms with Crippen LogP contribution in [0.25, 0.3) is 16.9 Å². The van der Waals surface area contributed by atoms with Crippen LogP contribution in [-0.2, 0) is 0 Å². The van der Waals surface area contributed by atoms with Crippen LogP contribution in [0.4, 0.5) is 16.4 Å². The molecule has 8 heteroatoms. The Morgan fingerprint density at radius 3 is 2.73 bits per heavy atom. The molecule has 0 bridgehead atoms. The monoisotopic (exact) mass is 401 g/mol. The summed E-state index contributed by atoms with van der Waals surface area (Å²) in [5.74, 6) is 1.25. The molecule has 0 unspecified atom stereocenters. The zero-order valence-corrected chi connectivity index (χ0v) is 16.8. The fourth-order valence-electron chi connectivity index (χ4n) is 3.18. The van der Waals surface area contributed by atoms with E-state index < -0.39 is 0 Å². The molecule has 0 aliphatic rings. The van der Waals surface area contributed by atoms with E-state index in [-0.39, 0.29) is 12.1 Å². The first-order valence-electron chi connectivity index (χ1n) is 9.81. The van der Waals surface area contributed by atoms with Gasteiger partial charge in [0.25, 0.3) is 0 Å². The number of fused-ring (bicyclic) bond motifs is 1. The SMILES string of the molecule is CCNC(=O)Nc1ccc2c(c1)ncn2-c1ccnc(N[C@@H](C)c2ccccc2)n1. The molecular weight excluding hydrogens is 378 g/mol. The van der Waals surface area contributed by atoms with Crippen LogP contribution < -0.4 is 16.0 Å². The number of nitrogens with one attached hydrogen (secondary N) is 3. The van der Waals surface area contributed by atoms with Crippen molar-refractivity contribution >= 4 is 28.7 Å². The minimum Gasteiger partial charge on any atom is -0.348 e. The third-order valence-corrected chi connectivity index (χ3v) is 4.68. The Morgan fingerprint density at radius 2 is 1.93 bits per heavy atom. The lowest BCUT2D eigenvalue weighted by molar-refractivity contribution is 0.252. The van der Waals surface area contributed by atoms with E-state index in [4.69, 9.17) is 0 Å². The van der Waals surface area contributed by atoms with Crippen molar-refractivity contribution in [2.45, 2.75) is 19.9 Å². The summed E-state index contributed by atoms with van der Waals surface area (Å²) in [7, 11) is 0. The van der Waals surface area contributed by atoms with E-state index in [0.29, 0.717) is 24.0 Å². The second kappa shape index (κ2) is 8.60. The molecule has 0 fully saturated rings. The van der Waals surface area contributed by atoms with Gasteiger partial charge in [0.2, 0.25) is 5.95 Å². The van der Waals surface area contributed by atoms with E-state index in [1.165, 1.54) is 0 Å². The highest BCUT2D eigenvalue weighted by Crippen LogP contribution is 2.22. The summed E-state index contributed by atoms with van der Waals surface area (Å²) < 4.78 is 1.89. The van der Waals surface area contributed by atoms with E-state index >= 15 is 0 Å². The van der Waals surface area contributed by atoms with Crippen molar-refractivity contribution in [3.8, 4) is 5.82 Å². The van der Waals surface area contributed by atoms with Crippen molar-refractivity contribution in [1.29, 1.82) is 0 Å². The third kappa shape index (κ3) is 4.22. The van der Waals surface area contributed by atoms with Crippen molar-refractivity contribution < 1.29 is 4.79 Å². The summed E-state index contributed by atoms with van der Waals surface area (Å²) in [6.45, 7) is 4.51. The summed E-state index contributed by atoms with van der Waals surface area (Å²) in [6, 6.07) is 17.4. The van der Waals surface area contributed by atoms with E-state index in [9.17, 15) is 4.79 Å². The smallest absolute Gasteiger partial charge is 0.319 e. The lowest BCUT2D eigenvalue weighted by Gasteiger charge is -2.14. The normalized spacial score (nSPS) is 11.8. The Kier molecular flexibility index (Phi) is 5.56. The second-order valence-electron chi connectivity index (χ2n) is 6.82. The quantitative estimate of drug-likeness (QED) is 0.451. The molecule has 2 aromatic carbocycles. The predicted molar refractivity (Wildman–Crippen MR) is 118 cm³/mol. The predicted octanol–water partition coefficient (Wildman–Crippen LogP) is 4.13. The first-order chi connectivity index (χ1) is 14.6. The summed E-state index contributed by atoms with van der Waals surface area (Å²) in [5.41, 5.74) is 3.49. The van der Waals surface area contributed by atoms with Gasteiger partial charge in [-0.15, -0.1) is 0 Å². The topological polar surface area (TPSA) is 96.8 Å². The van der Waals surface area contributed by atoms with Gasteiger partial charge in [-0.05, 0) is 43.7 Å². The van der Waals surface area contributed by atoms with Gasteiger partial charge in [-0.3, -0.25) is 4.57 Å². The number of benzene rings is 2. The molecule has 0 saturated carbocycles. The Labute approximate surface area is 174 Å².